The highest BCUT2D eigenvalue weighted by molar-refractivity contribution is 7.86. The van der Waals surface area contributed by atoms with Gasteiger partial charge in [-0.25, -0.2) is 0 Å². The van der Waals surface area contributed by atoms with Gasteiger partial charge >= 0.3 is 0 Å². The van der Waals surface area contributed by atoms with Gasteiger partial charge in [-0.1, -0.05) is 13.8 Å². The molecule has 1 atom stereocenters. The maximum Gasteiger partial charge on any atom is 0.282 e. The molecule has 7 heteroatoms. The molecule has 1 aliphatic heterocycles. The second kappa shape index (κ2) is 6.76. The number of hydrogen-bond donors (Lipinski definition) is 1. The summed E-state index contributed by atoms with van der Waals surface area (Å²) in [5, 5.41) is 3.19. The molecule has 16 heavy (non-hydrogen) atoms. The van der Waals surface area contributed by atoms with Gasteiger partial charge in [0.2, 0.25) is 0 Å². The van der Waals surface area contributed by atoms with E-state index >= 15 is 0 Å². The number of nitrogens with one attached hydrogen (secondary N) is 1. The minimum Gasteiger partial charge on any atom is -0.314 e. The molecule has 1 rings (SSSR count). The van der Waals surface area contributed by atoms with Gasteiger partial charge in [0.25, 0.3) is 10.2 Å². The minimum absolute atomic E-state index is 0. The quantitative estimate of drug-likeness (QED) is 0.800. The first-order valence-corrected chi connectivity index (χ1v) is 6.91. The summed E-state index contributed by atoms with van der Waals surface area (Å²) in [6.07, 6.45) is 0. The van der Waals surface area contributed by atoms with Crippen LogP contribution in [0.4, 0.5) is 0 Å². The Balaban J connectivity index is 0.00000225. The van der Waals surface area contributed by atoms with Crippen LogP contribution in [0.15, 0.2) is 0 Å². The van der Waals surface area contributed by atoms with Crippen LogP contribution < -0.4 is 5.32 Å². The number of halogens is 1. The second-order valence-electron chi connectivity index (χ2n) is 3.76. The van der Waals surface area contributed by atoms with Gasteiger partial charge in [0, 0.05) is 38.8 Å². The van der Waals surface area contributed by atoms with Crippen molar-refractivity contribution in [1.82, 2.24) is 13.9 Å². The fraction of sp³-hybridized carbons (Fsp3) is 1.00. The molecule has 1 N–H and O–H groups in total. The summed E-state index contributed by atoms with van der Waals surface area (Å²) in [6, 6.07) is 0.0457. The van der Waals surface area contributed by atoms with Crippen LogP contribution in [0.3, 0.4) is 0 Å². The minimum atomic E-state index is -3.25. The van der Waals surface area contributed by atoms with E-state index < -0.39 is 10.2 Å². The van der Waals surface area contributed by atoms with Crippen molar-refractivity contribution in [3.63, 3.8) is 0 Å². The van der Waals surface area contributed by atoms with Crippen LogP contribution in [0.25, 0.3) is 0 Å². The predicted octanol–water partition coefficient (Wildman–Crippen LogP) is 0.288. The van der Waals surface area contributed by atoms with Crippen molar-refractivity contribution >= 4 is 22.6 Å². The van der Waals surface area contributed by atoms with Gasteiger partial charge in [-0.2, -0.15) is 17.0 Å². The molecule has 0 aromatic carbocycles. The van der Waals surface area contributed by atoms with Gasteiger partial charge in [-0.3, -0.25) is 0 Å². The molecule has 1 aliphatic rings. The Hall–Kier alpha value is 0.120. The SMILES string of the molecule is CCN(CC)S(=O)(=O)N1CCNC[C@@H]1C.Cl. The number of rotatable bonds is 4. The van der Waals surface area contributed by atoms with Crippen LogP contribution in [0.5, 0.6) is 0 Å². The smallest absolute Gasteiger partial charge is 0.282 e. The molecule has 1 heterocycles. The molecular formula is C9H22ClN3O2S. The van der Waals surface area contributed by atoms with E-state index in [4.69, 9.17) is 0 Å². The lowest BCUT2D eigenvalue weighted by Crippen LogP contribution is -2.56. The van der Waals surface area contributed by atoms with E-state index in [1.54, 1.807) is 4.31 Å². The summed E-state index contributed by atoms with van der Waals surface area (Å²) >= 11 is 0. The summed E-state index contributed by atoms with van der Waals surface area (Å²) < 4.78 is 27.5. The first kappa shape index (κ1) is 16.1. The molecule has 1 fully saturated rings. The standard InChI is InChI=1S/C9H21N3O2S.ClH/c1-4-11(5-2)15(13,14)12-7-6-10-8-9(12)3;/h9-10H,4-8H2,1-3H3;1H/t9-;/m0./s1. The Morgan fingerprint density at radius 3 is 2.38 bits per heavy atom. The topological polar surface area (TPSA) is 52.7 Å². The Labute approximate surface area is 105 Å². The molecule has 0 amide bonds. The van der Waals surface area contributed by atoms with E-state index in [9.17, 15) is 8.42 Å². The van der Waals surface area contributed by atoms with Crippen molar-refractivity contribution in [3.8, 4) is 0 Å². The molecule has 0 aliphatic carbocycles. The molecule has 0 spiro atoms. The molecular weight excluding hydrogens is 250 g/mol. The Bertz CT molecular complexity index is 293. The third kappa shape index (κ3) is 3.30. The van der Waals surface area contributed by atoms with Gasteiger partial charge in [0.05, 0.1) is 0 Å². The first-order valence-electron chi connectivity index (χ1n) is 5.51. The normalized spacial score (nSPS) is 23.1. The zero-order valence-corrected chi connectivity index (χ0v) is 11.8. The average Bonchev–Trinajstić information content (AvgIpc) is 2.19. The maximum absolute atomic E-state index is 12.2. The van der Waals surface area contributed by atoms with Crippen LogP contribution in [-0.4, -0.2) is 55.8 Å². The average molecular weight is 272 g/mol. The van der Waals surface area contributed by atoms with Crippen LogP contribution in [0, 0.1) is 0 Å². The predicted molar refractivity (Wildman–Crippen MR) is 68.1 cm³/mol. The zero-order chi connectivity index (χ0) is 11.5. The molecule has 0 unspecified atom stereocenters. The zero-order valence-electron chi connectivity index (χ0n) is 10.1. The summed E-state index contributed by atoms with van der Waals surface area (Å²) in [7, 11) is -3.25. The molecule has 0 aromatic heterocycles. The molecule has 5 nitrogen and oxygen atoms in total. The maximum atomic E-state index is 12.2. The highest BCUT2D eigenvalue weighted by atomic mass is 35.5. The fourth-order valence-corrected chi connectivity index (χ4v) is 3.66. The van der Waals surface area contributed by atoms with E-state index in [1.807, 2.05) is 20.8 Å². The number of nitrogens with zero attached hydrogens (tertiary/aromatic N) is 2. The number of piperazine rings is 1. The summed E-state index contributed by atoms with van der Waals surface area (Å²) in [6.45, 7) is 8.80. The van der Waals surface area contributed by atoms with Gasteiger partial charge in [-0.15, -0.1) is 12.4 Å². The van der Waals surface area contributed by atoms with E-state index in [0.717, 1.165) is 13.1 Å². The largest absolute Gasteiger partial charge is 0.314 e. The van der Waals surface area contributed by atoms with E-state index in [2.05, 4.69) is 5.32 Å². The van der Waals surface area contributed by atoms with Gasteiger partial charge < -0.3 is 5.32 Å². The molecule has 1 saturated heterocycles. The van der Waals surface area contributed by atoms with E-state index in [0.29, 0.717) is 19.6 Å². The third-order valence-corrected chi connectivity index (χ3v) is 5.07. The van der Waals surface area contributed by atoms with Crippen LogP contribution in [-0.2, 0) is 10.2 Å². The van der Waals surface area contributed by atoms with Gasteiger partial charge in [0.15, 0.2) is 0 Å². The third-order valence-electron chi connectivity index (χ3n) is 2.77. The fourth-order valence-electron chi connectivity index (χ4n) is 1.86. The van der Waals surface area contributed by atoms with Crippen molar-refractivity contribution in [2.75, 3.05) is 32.7 Å². The Morgan fingerprint density at radius 2 is 1.94 bits per heavy atom. The Morgan fingerprint density at radius 1 is 1.38 bits per heavy atom. The van der Waals surface area contributed by atoms with Crippen molar-refractivity contribution in [2.24, 2.45) is 0 Å². The van der Waals surface area contributed by atoms with Crippen molar-refractivity contribution in [2.45, 2.75) is 26.8 Å². The first-order chi connectivity index (χ1) is 7.04. The van der Waals surface area contributed by atoms with E-state index in [1.165, 1.54) is 4.31 Å². The summed E-state index contributed by atoms with van der Waals surface area (Å²) in [5.41, 5.74) is 0. The molecule has 0 radical (unpaired) electrons. The molecule has 98 valence electrons. The molecule has 0 aromatic rings. The van der Waals surface area contributed by atoms with Crippen molar-refractivity contribution in [1.29, 1.82) is 0 Å². The monoisotopic (exact) mass is 271 g/mol. The summed E-state index contributed by atoms with van der Waals surface area (Å²) in [4.78, 5) is 0. The Kier molecular flexibility index (Phi) is 6.81. The lowest BCUT2D eigenvalue weighted by molar-refractivity contribution is 0.260. The van der Waals surface area contributed by atoms with Crippen molar-refractivity contribution in [3.05, 3.63) is 0 Å². The lowest BCUT2D eigenvalue weighted by Gasteiger charge is -2.36. The van der Waals surface area contributed by atoms with Gasteiger partial charge in [0.1, 0.15) is 0 Å². The highest BCUT2D eigenvalue weighted by Crippen LogP contribution is 2.13. The van der Waals surface area contributed by atoms with Crippen molar-refractivity contribution < 1.29 is 8.42 Å². The lowest BCUT2D eigenvalue weighted by atomic mass is 10.3. The van der Waals surface area contributed by atoms with E-state index in [-0.39, 0.29) is 18.4 Å². The van der Waals surface area contributed by atoms with Crippen LogP contribution >= 0.6 is 12.4 Å². The van der Waals surface area contributed by atoms with Crippen LogP contribution in [0.1, 0.15) is 20.8 Å². The molecule has 0 bridgehead atoms. The van der Waals surface area contributed by atoms with Gasteiger partial charge in [-0.05, 0) is 6.92 Å². The van der Waals surface area contributed by atoms with Crippen LogP contribution in [0.2, 0.25) is 0 Å². The summed E-state index contributed by atoms with van der Waals surface area (Å²) in [5.74, 6) is 0. The second-order valence-corrected chi connectivity index (χ2v) is 5.64. The molecule has 0 saturated carbocycles. The highest BCUT2D eigenvalue weighted by Gasteiger charge is 2.32. The number of hydrogen-bond acceptors (Lipinski definition) is 3.